The molecule has 1 atom stereocenters. The maximum Gasteiger partial charge on any atom is 0.407 e. The minimum atomic E-state index is -1.73. The van der Waals surface area contributed by atoms with Crippen LogP contribution < -0.4 is 5.32 Å². The molecule has 0 aliphatic carbocycles. The molecule has 2 aromatic rings. The molecule has 1 amide bonds. The number of carbonyl (C=O) groups is 4. The lowest BCUT2D eigenvalue weighted by Gasteiger charge is -2.38. The van der Waals surface area contributed by atoms with Crippen LogP contribution in [-0.2, 0) is 51.7 Å². The van der Waals surface area contributed by atoms with Gasteiger partial charge in [-0.25, -0.2) is 4.79 Å². The topological polar surface area (TPSA) is 122 Å². The van der Waals surface area contributed by atoms with Crippen molar-refractivity contribution in [3.63, 3.8) is 0 Å². The van der Waals surface area contributed by atoms with Crippen LogP contribution in [0.5, 0.6) is 0 Å². The van der Waals surface area contributed by atoms with E-state index in [0.29, 0.717) is 25.1 Å². The van der Waals surface area contributed by atoms with Gasteiger partial charge in [0.05, 0.1) is 27.0 Å². The summed E-state index contributed by atoms with van der Waals surface area (Å²) in [5.74, 6) is -2.02. The van der Waals surface area contributed by atoms with Gasteiger partial charge < -0.3 is 28.8 Å². The molecule has 1 unspecified atom stereocenters. The van der Waals surface area contributed by atoms with E-state index in [2.05, 4.69) is 5.32 Å². The van der Waals surface area contributed by atoms with E-state index in [0.717, 1.165) is 16.5 Å². The molecule has 0 saturated heterocycles. The van der Waals surface area contributed by atoms with E-state index < -0.39 is 29.0 Å². The number of benzene rings is 1. The van der Waals surface area contributed by atoms with Crippen molar-refractivity contribution in [3.05, 3.63) is 35.5 Å². The van der Waals surface area contributed by atoms with Gasteiger partial charge in [0.25, 0.3) is 0 Å². The molecule has 0 radical (unpaired) electrons. The molecule has 1 aliphatic heterocycles. The third-order valence-corrected chi connectivity index (χ3v) is 6.61. The largest absolute Gasteiger partial charge is 0.469 e. The molecule has 1 aromatic heterocycles. The molecule has 0 bridgehead atoms. The zero-order valence-electron chi connectivity index (χ0n) is 22.3. The molecule has 2 heterocycles. The third-order valence-electron chi connectivity index (χ3n) is 6.61. The molecule has 0 spiro atoms. The maximum absolute atomic E-state index is 13.4. The van der Waals surface area contributed by atoms with Gasteiger partial charge in [-0.2, -0.15) is 0 Å². The van der Waals surface area contributed by atoms with Gasteiger partial charge in [0, 0.05) is 30.4 Å². The van der Waals surface area contributed by atoms with Gasteiger partial charge in [-0.3, -0.25) is 14.4 Å². The minimum Gasteiger partial charge on any atom is -0.469 e. The van der Waals surface area contributed by atoms with Gasteiger partial charge >= 0.3 is 24.0 Å². The second kappa shape index (κ2) is 11.2. The van der Waals surface area contributed by atoms with Crippen LogP contribution in [0.15, 0.2) is 24.3 Å². The first-order chi connectivity index (χ1) is 17.5. The van der Waals surface area contributed by atoms with Gasteiger partial charge in [-0.05, 0) is 57.6 Å². The summed E-state index contributed by atoms with van der Waals surface area (Å²) in [5.41, 5.74) is -0.301. The van der Waals surface area contributed by atoms with Crippen molar-refractivity contribution in [2.24, 2.45) is 5.92 Å². The highest BCUT2D eigenvalue weighted by Gasteiger charge is 2.57. The van der Waals surface area contributed by atoms with Crippen LogP contribution in [-0.4, -0.2) is 62.0 Å². The summed E-state index contributed by atoms with van der Waals surface area (Å²) in [7, 11) is 3.80. The monoisotopic (exact) mass is 516 g/mol. The second-order valence-electron chi connectivity index (χ2n) is 10.2. The number of methoxy groups -OCH3 is 3. The number of ether oxygens (including phenoxy) is 4. The van der Waals surface area contributed by atoms with Gasteiger partial charge in [0.1, 0.15) is 5.60 Å². The highest BCUT2D eigenvalue weighted by Crippen LogP contribution is 2.46. The van der Waals surface area contributed by atoms with E-state index in [1.165, 1.54) is 21.3 Å². The molecule has 10 heteroatoms. The number of hydrogen-bond donors (Lipinski definition) is 1. The van der Waals surface area contributed by atoms with Crippen LogP contribution in [0.3, 0.4) is 0 Å². The van der Waals surface area contributed by atoms with Crippen LogP contribution in [0, 0.1) is 5.92 Å². The average Bonchev–Trinajstić information content (AvgIpc) is 3.18. The van der Waals surface area contributed by atoms with Crippen molar-refractivity contribution < 1.29 is 38.1 Å². The number of alkyl carbamates (subject to hydrolysis) is 1. The Morgan fingerprint density at radius 2 is 1.68 bits per heavy atom. The molecular formula is C27H36N2O8. The Labute approximate surface area is 216 Å². The van der Waals surface area contributed by atoms with Crippen LogP contribution >= 0.6 is 0 Å². The van der Waals surface area contributed by atoms with Gasteiger partial charge in [0.15, 0.2) is 0 Å². The van der Waals surface area contributed by atoms with Crippen molar-refractivity contribution in [1.82, 2.24) is 9.88 Å². The number of nitrogens with zero attached hydrogens (tertiary/aromatic N) is 1. The Hall–Kier alpha value is -3.56. The second-order valence-corrected chi connectivity index (χ2v) is 10.2. The van der Waals surface area contributed by atoms with E-state index in [-0.39, 0.29) is 31.3 Å². The quantitative estimate of drug-likeness (QED) is 0.322. The molecule has 1 N–H and O–H groups in total. The van der Waals surface area contributed by atoms with Gasteiger partial charge in [-0.15, -0.1) is 0 Å². The predicted molar refractivity (Wildman–Crippen MR) is 135 cm³/mol. The van der Waals surface area contributed by atoms with Crippen LogP contribution in [0.2, 0.25) is 0 Å². The van der Waals surface area contributed by atoms with Crippen molar-refractivity contribution in [3.8, 4) is 0 Å². The summed E-state index contributed by atoms with van der Waals surface area (Å²) in [4.78, 5) is 51.0. The SMILES string of the molecule is COC(=O)CCC1Cn2c(c(CCNC(=O)OC(C)(C)C)c3ccccc32)C(C(=O)OC)(C(=O)OC)C1. The molecule has 1 aliphatic rings. The van der Waals surface area contributed by atoms with Gasteiger partial charge in [0.2, 0.25) is 5.41 Å². The fourth-order valence-corrected chi connectivity index (χ4v) is 5.17. The fraction of sp³-hybridized carbons (Fsp3) is 0.556. The summed E-state index contributed by atoms with van der Waals surface area (Å²) >= 11 is 0. The maximum atomic E-state index is 13.4. The molecule has 0 saturated carbocycles. The number of para-hydroxylation sites is 1. The van der Waals surface area contributed by atoms with E-state index in [1.54, 1.807) is 20.8 Å². The Bertz CT molecular complexity index is 1160. The summed E-state index contributed by atoms with van der Waals surface area (Å²) in [6, 6.07) is 7.61. The standard InChI is InChI=1S/C27H36N2O8/c1-26(2,3)37-25(33)28-14-13-19-18-9-7-8-10-20(18)29-16-17(11-12-21(30)34-4)15-27(22(19)29,23(31)35-5)24(32)36-6/h7-10,17H,11-16H2,1-6H3,(H,28,33). The molecular weight excluding hydrogens is 480 g/mol. The Balaban J connectivity index is 2.11. The van der Waals surface area contributed by atoms with Crippen LogP contribution in [0.25, 0.3) is 10.9 Å². The molecule has 10 nitrogen and oxygen atoms in total. The van der Waals surface area contributed by atoms with Crippen molar-refractivity contribution in [1.29, 1.82) is 0 Å². The number of esters is 3. The normalized spacial score (nSPS) is 16.4. The van der Waals surface area contributed by atoms with Crippen LogP contribution in [0.1, 0.15) is 51.3 Å². The number of rotatable bonds is 8. The molecule has 202 valence electrons. The number of hydrogen-bond acceptors (Lipinski definition) is 8. The summed E-state index contributed by atoms with van der Waals surface area (Å²) < 4.78 is 22.5. The first kappa shape index (κ1) is 28.0. The Morgan fingerprint density at radius 1 is 1.03 bits per heavy atom. The lowest BCUT2D eigenvalue weighted by atomic mass is 9.71. The number of aromatic nitrogens is 1. The smallest absolute Gasteiger partial charge is 0.407 e. The molecule has 0 fully saturated rings. The molecule has 1 aromatic carbocycles. The average molecular weight is 517 g/mol. The number of carbonyl (C=O) groups excluding carboxylic acids is 4. The van der Waals surface area contributed by atoms with Crippen molar-refractivity contribution in [2.75, 3.05) is 27.9 Å². The Kier molecular flexibility index (Phi) is 8.50. The van der Waals surface area contributed by atoms with E-state index >= 15 is 0 Å². The lowest BCUT2D eigenvalue weighted by Crippen LogP contribution is -2.52. The zero-order valence-corrected chi connectivity index (χ0v) is 22.3. The van der Waals surface area contributed by atoms with Crippen LogP contribution in [0.4, 0.5) is 4.79 Å². The van der Waals surface area contributed by atoms with E-state index in [1.807, 2.05) is 28.8 Å². The van der Waals surface area contributed by atoms with Crippen molar-refractivity contribution in [2.45, 2.75) is 64.0 Å². The summed E-state index contributed by atoms with van der Waals surface area (Å²) in [6.07, 6.45) is 0.474. The number of nitrogens with one attached hydrogen (secondary N) is 1. The Morgan fingerprint density at radius 3 is 2.27 bits per heavy atom. The van der Waals surface area contributed by atoms with E-state index in [9.17, 15) is 19.2 Å². The van der Waals surface area contributed by atoms with Crippen molar-refractivity contribution >= 4 is 34.9 Å². The summed E-state index contributed by atoms with van der Waals surface area (Å²) in [6.45, 7) is 6.05. The molecule has 3 rings (SSSR count). The first-order valence-electron chi connectivity index (χ1n) is 12.3. The number of amides is 1. The summed E-state index contributed by atoms with van der Waals surface area (Å²) in [5, 5.41) is 3.61. The highest BCUT2D eigenvalue weighted by molar-refractivity contribution is 6.08. The number of fused-ring (bicyclic) bond motifs is 3. The minimum absolute atomic E-state index is 0.117. The fourth-order valence-electron chi connectivity index (χ4n) is 5.17. The molecule has 37 heavy (non-hydrogen) atoms. The van der Waals surface area contributed by atoms with Gasteiger partial charge in [-0.1, -0.05) is 18.2 Å². The predicted octanol–water partition coefficient (Wildman–Crippen LogP) is 3.27. The van der Waals surface area contributed by atoms with E-state index in [4.69, 9.17) is 18.9 Å². The lowest BCUT2D eigenvalue weighted by molar-refractivity contribution is -0.164. The highest BCUT2D eigenvalue weighted by atomic mass is 16.6. The first-order valence-corrected chi connectivity index (χ1v) is 12.3. The third kappa shape index (κ3) is 5.73. The zero-order chi connectivity index (χ0) is 27.4.